The molecule has 0 aliphatic carbocycles. The molecule has 0 spiro atoms. The molecule has 0 aliphatic heterocycles. The van der Waals surface area contributed by atoms with Crippen LogP contribution in [0.1, 0.15) is 11.3 Å². The number of ether oxygens (including phenoxy) is 1. The zero-order chi connectivity index (χ0) is 15.9. The van der Waals surface area contributed by atoms with Gasteiger partial charge in [0.2, 0.25) is 0 Å². The van der Waals surface area contributed by atoms with Crippen LogP contribution in [0.2, 0.25) is 0 Å². The summed E-state index contributed by atoms with van der Waals surface area (Å²) in [5, 5.41) is 2.28. The molecule has 2 aromatic carbocycles. The monoisotopic (exact) mass is 308 g/mol. The van der Waals surface area contributed by atoms with E-state index < -0.39 is 0 Å². The quantitative estimate of drug-likeness (QED) is 0.680. The van der Waals surface area contributed by atoms with Crippen LogP contribution in [-0.4, -0.2) is 13.7 Å². The Bertz CT molecular complexity index is 717. The fraction of sp³-hybridized carbons (Fsp3) is 0.200. The van der Waals surface area contributed by atoms with Crippen molar-refractivity contribution >= 4 is 0 Å². The van der Waals surface area contributed by atoms with Gasteiger partial charge in [0.15, 0.2) is 5.76 Å². The third-order valence-corrected chi connectivity index (χ3v) is 3.86. The molecule has 23 heavy (non-hydrogen) atoms. The van der Waals surface area contributed by atoms with E-state index in [4.69, 9.17) is 9.15 Å². The highest BCUT2D eigenvalue weighted by atomic mass is 16.5. The number of hydrogen-bond donors (Lipinski definition) is 1. The zero-order valence-corrected chi connectivity index (χ0v) is 13.4. The molecule has 1 heterocycles. The van der Waals surface area contributed by atoms with Crippen molar-refractivity contribution in [3.05, 3.63) is 78.1 Å². The maximum atomic E-state index is 5.90. The van der Waals surface area contributed by atoms with Crippen molar-refractivity contribution in [3.63, 3.8) is 0 Å². The van der Waals surface area contributed by atoms with E-state index in [9.17, 15) is 0 Å². The van der Waals surface area contributed by atoms with Gasteiger partial charge in [0.1, 0.15) is 18.1 Å². The second-order valence-corrected chi connectivity index (χ2v) is 5.51. The molecule has 3 nitrogen and oxygen atoms in total. The second-order valence-electron chi connectivity index (χ2n) is 5.51. The van der Waals surface area contributed by atoms with E-state index in [2.05, 4.69) is 35.6 Å². The standard InChI is InChI=1S/C20H21NO2/c1-22-18-9-7-16(8-10-18)13-14-21-15-19-11-12-20(23-19)17-5-3-2-4-6-17/h2-12,21H,13-15H2,1H3/p+1. The van der Waals surface area contributed by atoms with E-state index in [1.165, 1.54) is 5.56 Å². The van der Waals surface area contributed by atoms with Crippen molar-refractivity contribution in [2.45, 2.75) is 13.0 Å². The summed E-state index contributed by atoms with van der Waals surface area (Å²) in [6.07, 6.45) is 1.04. The minimum atomic E-state index is 0.864. The predicted molar refractivity (Wildman–Crippen MR) is 91.3 cm³/mol. The molecule has 0 amide bonds. The molecule has 118 valence electrons. The molecular formula is C20H22NO2+. The van der Waals surface area contributed by atoms with Crippen LogP contribution in [0.4, 0.5) is 0 Å². The molecule has 0 radical (unpaired) electrons. The van der Waals surface area contributed by atoms with Gasteiger partial charge in [-0.15, -0.1) is 0 Å². The van der Waals surface area contributed by atoms with Gasteiger partial charge in [0.25, 0.3) is 0 Å². The lowest BCUT2D eigenvalue weighted by atomic mass is 10.1. The lowest BCUT2D eigenvalue weighted by molar-refractivity contribution is -0.671. The van der Waals surface area contributed by atoms with Gasteiger partial charge in [-0.2, -0.15) is 0 Å². The summed E-state index contributed by atoms with van der Waals surface area (Å²) in [6.45, 7) is 1.90. The van der Waals surface area contributed by atoms with Crippen LogP contribution in [0, 0.1) is 0 Å². The average Bonchev–Trinajstić information content (AvgIpc) is 3.09. The summed E-state index contributed by atoms with van der Waals surface area (Å²) in [5.41, 5.74) is 2.45. The predicted octanol–water partition coefficient (Wildman–Crippen LogP) is 3.26. The second kappa shape index (κ2) is 7.65. The number of furan rings is 1. The summed E-state index contributed by atoms with van der Waals surface area (Å²) in [4.78, 5) is 0. The minimum Gasteiger partial charge on any atom is -0.497 e. The Balaban J connectivity index is 1.46. The van der Waals surface area contributed by atoms with E-state index >= 15 is 0 Å². The first-order valence-corrected chi connectivity index (χ1v) is 7.94. The van der Waals surface area contributed by atoms with Crippen molar-refractivity contribution in [1.29, 1.82) is 0 Å². The van der Waals surface area contributed by atoms with Crippen LogP contribution in [0.5, 0.6) is 5.75 Å². The largest absolute Gasteiger partial charge is 0.497 e. The van der Waals surface area contributed by atoms with E-state index in [-0.39, 0.29) is 0 Å². The van der Waals surface area contributed by atoms with Gasteiger partial charge < -0.3 is 14.5 Å². The van der Waals surface area contributed by atoms with E-state index in [0.29, 0.717) is 0 Å². The summed E-state index contributed by atoms with van der Waals surface area (Å²) >= 11 is 0. The Morgan fingerprint density at radius 3 is 2.43 bits per heavy atom. The SMILES string of the molecule is COc1ccc(CC[NH2+]Cc2ccc(-c3ccccc3)o2)cc1. The Hall–Kier alpha value is -2.52. The van der Waals surface area contributed by atoms with Crippen LogP contribution < -0.4 is 10.1 Å². The van der Waals surface area contributed by atoms with Crippen molar-refractivity contribution in [2.24, 2.45) is 0 Å². The van der Waals surface area contributed by atoms with Crippen molar-refractivity contribution in [1.82, 2.24) is 0 Å². The minimum absolute atomic E-state index is 0.864. The first-order valence-electron chi connectivity index (χ1n) is 7.94. The van der Waals surface area contributed by atoms with Gasteiger partial charge >= 0.3 is 0 Å². The number of nitrogens with two attached hydrogens (primary N) is 1. The van der Waals surface area contributed by atoms with Crippen LogP contribution >= 0.6 is 0 Å². The summed E-state index contributed by atoms with van der Waals surface area (Å²) < 4.78 is 11.1. The van der Waals surface area contributed by atoms with E-state index in [0.717, 1.165) is 42.3 Å². The van der Waals surface area contributed by atoms with Crippen molar-refractivity contribution in [3.8, 4) is 17.1 Å². The highest BCUT2D eigenvalue weighted by Gasteiger charge is 2.05. The van der Waals surface area contributed by atoms with Crippen molar-refractivity contribution in [2.75, 3.05) is 13.7 Å². The van der Waals surface area contributed by atoms with Crippen LogP contribution in [0.3, 0.4) is 0 Å². The number of methoxy groups -OCH3 is 1. The van der Waals surface area contributed by atoms with Gasteiger partial charge in [0, 0.05) is 12.0 Å². The fourth-order valence-electron chi connectivity index (χ4n) is 2.55. The summed E-state index contributed by atoms with van der Waals surface area (Å²) in [5.74, 6) is 2.85. The fourth-order valence-corrected chi connectivity index (χ4v) is 2.55. The molecule has 0 bridgehead atoms. The molecule has 0 aliphatic rings. The smallest absolute Gasteiger partial charge is 0.158 e. The molecule has 0 fully saturated rings. The zero-order valence-electron chi connectivity index (χ0n) is 13.4. The lowest BCUT2D eigenvalue weighted by Gasteiger charge is -2.03. The molecular weight excluding hydrogens is 286 g/mol. The molecule has 3 heteroatoms. The van der Waals surface area contributed by atoms with Gasteiger partial charge in [-0.3, -0.25) is 0 Å². The van der Waals surface area contributed by atoms with Gasteiger partial charge in [-0.25, -0.2) is 0 Å². The molecule has 0 atom stereocenters. The number of benzene rings is 2. The first kappa shape index (κ1) is 15.4. The van der Waals surface area contributed by atoms with E-state index in [1.54, 1.807) is 7.11 Å². The molecule has 2 N–H and O–H groups in total. The Labute approximate surface area is 136 Å². The Morgan fingerprint density at radius 2 is 1.70 bits per heavy atom. The molecule has 0 unspecified atom stereocenters. The van der Waals surface area contributed by atoms with Crippen LogP contribution in [0.25, 0.3) is 11.3 Å². The van der Waals surface area contributed by atoms with Crippen LogP contribution in [-0.2, 0) is 13.0 Å². The first-order chi connectivity index (χ1) is 11.3. The topological polar surface area (TPSA) is 39.0 Å². The van der Waals surface area contributed by atoms with Crippen molar-refractivity contribution < 1.29 is 14.5 Å². The number of hydrogen-bond acceptors (Lipinski definition) is 2. The highest BCUT2D eigenvalue weighted by molar-refractivity contribution is 5.57. The number of rotatable bonds is 7. The lowest BCUT2D eigenvalue weighted by Crippen LogP contribution is -2.83. The Morgan fingerprint density at radius 1 is 0.913 bits per heavy atom. The highest BCUT2D eigenvalue weighted by Crippen LogP contribution is 2.21. The molecule has 3 aromatic rings. The van der Waals surface area contributed by atoms with E-state index in [1.807, 2.05) is 36.4 Å². The third kappa shape index (κ3) is 4.24. The normalized spacial score (nSPS) is 10.7. The Kier molecular flexibility index (Phi) is 5.12. The molecule has 0 saturated carbocycles. The van der Waals surface area contributed by atoms with Gasteiger partial charge in [-0.05, 0) is 29.8 Å². The summed E-state index contributed by atoms with van der Waals surface area (Å²) in [7, 11) is 1.69. The molecule has 1 aromatic heterocycles. The number of quaternary nitrogens is 1. The summed E-state index contributed by atoms with van der Waals surface area (Å²) in [6, 6.07) is 22.6. The maximum Gasteiger partial charge on any atom is 0.158 e. The van der Waals surface area contributed by atoms with Crippen LogP contribution in [0.15, 0.2) is 71.1 Å². The van der Waals surface area contributed by atoms with Gasteiger partial charge in [-0.1, -0.05) is 42.5 Å². The average molecular weight is 308 g/mol. The molecule has 3 rings (SSSR count). The maximum absolute atomic E-state index is 5.90. The molecule has 0 saturated heterocycles. The third-order valence-electron chi connectivity index (χ3n) is 3.86. The van der Waals surface area contributed by atoms with Gasteiger partial charge in [0.05, 0.1) is 13.7 Å².